The van der Waals surface area contributed by atoms with Crippen molar-refractivity contribution in [3.05, 3.63) is 53.7 Å². The lowest BCUT2D eigenvalue weighted by Crippen LogP contribution is -1.97. The first-order valence-corrected chi connectivity index (χ1v) is 7.70. The summed E-state index contributed by atoms with van der Waals surface area (Å²) in [5.41, 5.74) is 2.55. The van der Waals surface area contributed by atoms with Crippen LogP contribution in [0, 0.1) is 0 Å². The number of para-hydroxylation sites is 2. The third kappa shape index (κ3) is 2.71. The second-order valence-corrected chi connectivity index (χ2v) is 5.44. The Morgan fingerprint density at radius 2 is 1.60 bits per heavy atom. The van der Waals surface area contributed by atoms with Gasteiger partial charge < -0.3 is 5.32 Å². The highest BCUT2D eigenvalue weighted by Crippen LogP contribution is 2.25. The molecule has 0 fully saturated rings. The van der Waals surface area contributed by atoms with Crippen molar-refractivity contribution < 1.29 is 0 Å². The van der Waals surface area contributed by atoms with E-state index in [0.717, 1.165) is 16.7 Å². The zero-order valence-corrected chi connectivity index (χ0v) is 12.4. The van der Waals surface area contributed by atoms with Crippen LogP contribution in [0.3, 0.4) is 0 Å². The van der Waals surface area contributed by atoms with E-state index in [4.69, 9.17) is 11.6 Å². The van der Waals surface area contributed by atoms with Gasteiger partial charge in [0.05, 0.1) is 11.0 Å². The van der Waals surface area contributed by atoms with Crippen molar-refractivity contribution in [2.24, 2.45) is 0 Å². The van der Waals surface area contributed by atoms with E-state index in [1.54, 1.807) is 11.8 Å². The van der Waals surface area contributed by atoms with Gasteiger partial charge in [0.15, 0.2) is 11.0 Å². The lowest BCUT2D eigenvalue weighted by Gasteiger charge is -2.08. The second-order valence-electron chi connectivity index (χ2n) is 4.21. The van der Waals surface area contributed by atoms with Gasteiger partial charge in [0.2, 0.25) is 0 Å². The summed E-state index contributed by atoms with van der Waals surface area (Å²) in [5, 5.41) is 3.57. The standard InChI is InChI=1S/C15H12ClN3S/c1-20-11-8-6-10(7-9-11)17-15-14(16)18-12-4-2-3-5-13(12)19-15/h2-9H,1H3,(H,17,19). The van der Waals surface area contributed by atoms with E-state index in [2.05, 4.69) is 27.4 Å². The van der Waals surface area contributed by atoms with Crippen molar-refractivity contribution in [3.63, 3.8) is 0 Å². The minimum atomic E-state index is 0.373. The molecule has 0 saturated carbocycles. The summed E-state index contributed by atoms with van der Waals surface area (Å²) in [6.45, 7) is 0. The Bertz CT molecular complexity index is 744. The maximum atomic E-state index is 6.17. The van der Waals surface area contributed by atoms with Crippen molar-refractivity contribution in [1.82, 2.24) is 9.97 Å². The summed E-state index contributed by atoms with van der Waals surface area (Å²) >= 11 is 7.88. The Kier molecular flexibility index (Phi) is 3.76. The zero-order valence-electron chi connectivity index (χ0n) is 10.8. The van der Waals surface area contributed by atoms with E-state index in [0.29, 0.717) is 11.0 Å². The van der Waals surface area contributed by atoms with Crippen LogP contribution in [0.25, 0.3) is 11.0 Å². The molecule has 0 spiro atoms. The molecule has 0 unspecified atom stereocenters. The maximum Gasteiger partial charge on any atom is 0.172 e. The fourth-order valence-corrected chi connectivity index (χ4v) is 2.46. The zero-order chi connectivity index (χ0) is 13.9. The number of anilines is 2. The summed E-state index contributed by atoms with van der Waals surface area (Å²) in [4.78, 5) is 10.1. The molecule has 1 aromatic heterocycles. The molecular formula is C15H12ClN3S. The molecule has 1 N–H and O–H groups in total. The first-order chi connectivity index (χ1) is 9.76. The Labute approximate surface area is 126 Å². The largest absolute Gasteiger partial charge is 0.338 e. The predicted octanol–water partition coefficient (Wildman–Crippen LogP) is 4.75. The highest BCUT2D eigenvalue weighted by molar-refractivity contribution is 7.98. The van der Waals surface area contributed by atoms with Crippen molar-refractivity contribution in [2.75, 3.05) is 11.6 Å². The molecule has 3 rings (SSSR count). The van der Waals surface area contributed by atoms with E-state index in [1.807, 2.05) is 42.7 Å². The number of fused-ring (bicyclic) bond motifs is 1. The smallest absolute Gasteiger partial charge is 0.172 e. The maximum absolute atomic E-state index is 6.17. The summed E-state index contributed by atoms with van der Waals surface area (Å²) in [7, 11) is 0. The number of nitrogens with zero attached hydrogens (tertiary/aromatic N) is 2. The van der Waals surface area contributed by atoms with Crippen molar-refractivity contribution in [3.8, 4) is 0 Å². The van der Waals surface area contributed by atoms with Crippen LogP contribution in [0.5, 0.6) is 0 Å². The number of halogens is 1. The van der Waals surface area contributed by atoms with Crippen molar-refractivity contribution in [2.45, 2.75) is 4.90 Å². The molecule has 0 aliphatic carbocycles. The molecule has 0 aliphatic rings. The van der Waals surface area contributed by atoms with Gasteiger partial charge in [-0.2, -0.15) is 0 Å². The van der Waals surface area contributed by atoms with E-state index in [9.17, 15) is 0 Å². The van der Waals surface area contributed by atoms with Gasteiger partial charge in [0, 0.05) is 10.6 Å². The molecule has 20 heavy (non-hydrogen) atoms. The number of hydrogen-bond acceptors (Lipinski definition) is 4. The Morgan fingerprint density at radius 1 is 0.950 bits per heavy atom. The van der Waals surface area contributed by atoms with Crippen LogP contribution in [0.15, 0.2) is 53.4 Å². The van der Waals surface area contributed by atoms with Crippen molar-refractivity contribution >= 4 is 45.9 Å². The van der Waals surface area contributed by atoms with E-state index >= 15 is 0 Å². The number of hydrogen-bond donors (Lipinski definition) is 1. The lowest BCUT2D eigenvalue weighted by molar-refractivity contribution is 1.28. The lowest BCUT2D eigenvalue weighted by atomic mass is 10.3. The van der Waals surface area contributed by atoms with Crippen LogP contribution in [-0.4, -0.2) is 16.2 Å². The molecule has 3 nitrogen and oxygen atoms in total. The van der Waals surface area contributed by atoms with Gasteiger partial charge in [0.1, 0.15) is 0 Å². The van der Waals surface area contributed by atoms with Crippen molar-refractivity contribution in [1.29, 1.82) is 0 Å². The molecule has 0 atom stereocenters. The summed E-state index contributed by atoms with van der Waals surface area (Å²) in [5.74, 6) is 0.572. The fraction of sp³-hybridized carbons (Fsp3) is 0.0667. The molecule has 0 amide bonds. The van der Waals surface area contributed by atoms with Gasteiger partial charge in [-0.3, -0.25) is 0 Å². The molecule has 2 aromatic carbocycles. The number of thioether (sulfide) groups is 1. The predicted molar refractivity (Wildman–Crippen MR) is 86.1 cm³/mol. The van der Waals surface area contributed by atoms with E-state index in [1.165, 1.54) is 4.90 Å². The normalized spacial score (nSPS) is 10.7. The minimum absolute atomic E-state index is 0.373. The summed E-state index contributed by atoms with van der Waals surface area (Å²) in [6.07, 6.45) is 2.05. The molecule has 5 heteroatoms. The number of benzene rings is 2. The SMILES string of the molecule is CSc1ccc(Nc2nc3ccccc3nc2Cl)cc1. The van der Waals surface area contributed by atoms with Crippen LogP contribution >= 0.6 is 23.4 Å². The van der Waals surface area contributed by atoms with Gasteiger partial charge in [-0.15, -0.1) is 11.8 Å². The van der Waals surface area contributed by atoms with E-state index < -0.39 is 0 Å². The number of aromatic nitrogens is 2. The molecular weight excluding hydrogens is 290 g/mol. The number of rotatable bonds is 3. The number of nitrogens with one attached hydrogen (secondary N) is 1. The molecule has 3 aromatic rings. The Morgan fingerprint density at radius 3 is 2.25 bits per heavy atom. The van der Waals surface area contributed by atoms with Gasteiger partial charge in [0.25, 0.3) is 0 Å². The topological polar surface area (TPSA) is 37.8 Å². The third-order valence-electron chi connectivity index (χ3n) is 2.88. The quantitative estimate of drug-likeness (QED) is 0.709. The summed E-state index contributed by atoms with van der Waals surface area (Å²) in [6, 6.07) is 15.8. The third-order valence-corrected chi connectivity index (χ3v) is 3.89. The average Bonchev–Trinajstić information content (AvgIpc) is 2.49. The van der Waals surface area contributed by atoms with Crippen LogP contribution in [0.2, 0.25) is 5.15 Å². The van der Waals surface area contributed by atoms with Crippen LogP contribution in [-0.2, 0) is 0 Å². The van der Waals surface area contributed by atoms with E-state index in [-0.39, 0.29) is 0 Å². The van der Waals surface area contributed by atoms with Gasteiger partial charge in [-0.05, 0) is 42.7 Å². The first-order valence-electron chi connectivity index (χ1n) is 6.09. The highest BCUT2D eigenvalue weighted by atomic mass is 35.5. The minimum Gasteiger partial charge on any atom is -0.338 e. The highest BCUT2D eigenvalue weighted by Gasteiger charge is 2.06. The van der Waals surface area contributed by atoms with Gasteiger partial charge in [-0.1, -0.05) is 23.7 Å². The van der Waals surface area contributed by atoms with Crippen LogP contribution < -0.4 is 5.32 Å². The average molecular weight is 302 g/mol. The molecule has 0 bridgehead atoms. The second kappa shape index (κ2) is 5.69. The molecule has 1 heterocycles. The Hall–Kier alpha value is -1.78. The Balaban J connectivity index is 1.94. The monoisotopic (exact) mass is 301 g/mol. The fourth-order valence-electron chi connectivity index (χ4n) is 1.87. The molecule has 0 aliphatic heterocycles. The van der Waals surface area contributed by atoms with Gasteiger partial charge in [-0.25, -0.2) is 9.97 Å². The molecule has 100 valence electrons. The summed E-state index contributed by atoms with van der Waals surface area (Å²) < 4.78 is 0. The van der Waals surface area contributed by atoms with Crippen LogP contribution in [0.4, 0.5) is 11.5 Å². The van der Waals surface area contributed by atoms with Gasteiger partial charge >= 0.3 is 0 Å². The van der Waals surface area contributed by atoms with Crippen LogP contribution in [0.1, 0.15) is 0 Å². The molecule has 0 radical (unpaired) electrons. The molecule has 0 saturated heterocycles. The first kappa shape index (κ1) is 13.2.